The average Bonchev–Trinajstić information content (AvgIpc) is 2.35. The van der Waals surface area contributed by atoms with Crippen molar-refractivity contribution < 1.29 is 9.47 Å². The lowest BCUT2D eigenvalue weighted by atomic mass is 10.2. The van der Waals surface area contributed by atoms with Crippen LogP contribution in [0, 0.1) is 0 Å². The molecule has 0 rings (SSSR count). The number of rotatable bonds is 9. The largest absolute Gasteiger partial charge is 0.375 e. The van der Waals surface area contributed by atoms with E-state index in [0.717, 1.165) is 36.5 Å². The molecule has 0 aromatic carbocycles. The highest BCUT2D eigenvalue weighted by Crippen LogP contribution is 2.19. The van der Waals surface area contributed by atoms with Crippen molar-refractivity contribution in [2.45, 2.75) is 53.8 Å². The van der Waals surface area contributed by atoms with Crippen LogP contribution in [0.1, 0.15) is 41.5 Å². The lowest BCUT2D eigenvalue weighted by Crippen LogP contribution is -2.34. The van der Waals surface area contributed by atoms with Gasteiger partial charge in [0.05, 0.1) is 12.2 Å². The molecule has 2 atom stereocenters. The zero-order valence-electron chi connectivity index (χ0n) is 13.2. The minimum atomic E-state index is 0.158. The molecule has 0 spiro atoms. The molecule has 3 nitrogen and oxygen atoms in total. The van der Waals surface area contributed by atoms with Crippen LogP contribution in [-0.4, -0.2) is 53.7 Å². The Balaban J connectivity index is 5.21. The van der Waals surface area contributed by atoms with Gasteiger partial charge in [0.15, 0.2) is 0 Å². The Bertz CT molecular complexity index is 252. The lowest BCUT2D eigenvalue weighted by molar-refractivity contribution is 0.0699. The Hall–Kier alpha value is -0.323. The second kappa shape index (κ2) is 9.59. The fraction of sp³-hybridized carbons (Fsp3) is 0.857. The van der Waals surface area contributed by atoms with E-state index in [1.807, 2.05) is 6.92 Å². The predicted octanol–water partition coefficient (Wildman–Crippen LogP) is 1.76. The first-order valence-corrected chi connectivity index (χ1v) is 8.22. The summed E-state index contributed by atoms with van der Waals surface area (Å²) in [6.07, 6.45) is 0.366. The molecule has 0 bridgehead atoms. The van der Waals surface area contributed by atoms with E-state index in [1.54, 1.807) is 0 Å². The van der Waals surface area contributed by atoms with Crippen LogP contribution in [0.2, 0.25) is 0 Å². The van der Waals surface area contributed by atoms with Gasteiger partial charge in [0.25, 0.3) is 0 Å². The molecule has 0 saturated carbocycles. The third-order valence-electron chi connectivity index (χ3n) is 3.34. The van der Waals surface area contributed by atoms with Gasteiger partial charge in [-0.05, 0) is 46.7 Å². The Morgan fingerprint density at radius 2 is 1.39 bits per heavy atom. The maximum absolute atomic E-state index is 5.81. The van der Waals surface area contributed by atoms with Crippen molar-refractivity contribution in [3.05, 3.63) is 10.9 Å². The van der Waals surface area contributed by atoms with Crippen LogP contribution in [0.15, 0.2) is 10.9 Å². The molecule has 0 fully saturated rings. The summed E-state index contributed by atoms with van der Waals surface area (Å²) in [5.74, 6) is 0. The van der Waals surface area contributed by atoms with E-state index in [-0.39, 0.29) is 12.2 Å². The van der Waals surface area contributed by atoms with Gasteiger partial charge in [0, 0.05) is 42.2 Å². The molecule has 0 aromatic heterocycles. The Labute approximate surface area is 116 Å². The molecular formula is C14H31NO2Si. The highest BCUT2D eigenvalue weighted by atomic mass is 28.1. The van der Waals surface area contributed by atoms with Crippen molar-refractivity contribution >= 4 is 10.2 Å². The monoisotopic (exact) mass is 273 g/mol. The summed E-state index contributed by atoms with van der Waals surface area (Å²) in [7, 11) is 1.02. The van der Waals surface area contributed by atoms with Crippen molar-refractivity contribution in [3.63, 3.8) is 0 Å². The molecule has 2 unspecified atom stereocenters. The molecule has 4 heteroatoms. The van der Waals surface area contributed by atoms with Crippen LogP contribution in [0.3, 0.4) is 0 Å². The van der Waals surface area contributed by atoms with Gasteiger partial charge in [0.1, 0.15) is 0 Å². The van der Waals surface area contributed by atoms with Crippen LogP contribution >= 0.6 is 0 Å². The summed E-state index contributed by atoms with van der Waals surface area (Å²) in [6, 6.07) is 0. The van der Waals surface area contributed by atoms with E-state index in [2.05, 4.69) is 39.5 Å². The number of hydrogen-bond acceptors (Lipinski definition) is 3. The summed E-state index contributed by atoms with van der Waals surface area (Å²) in [5.41, 5.74) is 1.34. The molecule has 18 heavy (non-hydrogen) atoms. The van der Waals surface area contributed by atoms with Gasteiger partial charge in [0.2, 0.25) is 0 Å². The maximum atomic E-state index is 5.81. The smallest absolute Gasteiger partial charge is 0.0939 e. The van der Waals surface area contributed by atoms with Gasteiger partial charge < -0.3 is 14.4 Å². The highest BCUT2D eigenvalue weighted by Gasteiger charge is 2.20. The molecule has 0 radical (unpaired) electrons. The van der Waals surface area contributed by atoms with Crippen LogP contribution < -0.4 is 0 Å². The van der Waals surface area contributed by atoms with Crippen molar-refractivity contribution in [2.24, 2.45) is 0 Å². The first-order valence-electron chi connectivity index (χ1n) is 7.22. The second-order valence-electron chi connectivity index (χ2n) is 4.44. The van der Waals surface area contributed by atoms with Crippen LogP contribution in [0.4, 0.5) is 0 Å². The van der Waals surface area contributed by atoms with E-state index in [0.29, 0.717) is 0 Å². The predicted molar refractivity (Wildman–Crippen MR) is 82.1 cm³/mol. The fourth-order valence-corrected chi connectivity index (χ4v) is 3.19. The van der Waals surface area contributed by atoms with Gasteiger partial charge in [-0.3, -0.25) is 0 Å². The van der Waals surface area contributed by atoms with E-state index in [1.165, 1.54) is 10.9 Å². The molecule has 0 aliphatic carbocycles. The molecule has 0 amide bonds. The van der Waals surface area contributed by atoms with Gasteiger partial charge in [-0.2, -0.15) is 0 Å². The quantitative estimate of drug-likeness (QED) is 0.598. The third-order valence-corrected chi connectivity index (χ3v) is 4.66. The van der Waals surface area contributed by atoms with Crippen molar-refractivity contribution in [2.75, 3.05) is 26.3 Å². The van der Waals surface area contributed by atoms with Gasteiger partial charge in [-0.25, -0.2) is 0 Å². The topological polar surface area (TPSA) is 21.7 Å². The van der Waals surface area contributed by atoms with Gasteiger partial charge in [-0.15, -0.1) is 0 Å². The fourth-order valence-electron chi connectivity index (χ4n) is 2.30. The molecule has 0 heterocycles. The van der Waals surface area contributed by atoms with Crippen molar-refractivity contribution in [1.82, 2.24) is 4.90 Å². The summed E-state index contributed by atoms with van der Waals surface area (Å²) < 4.78 is 11.6. The van der Waals surface area contributed by atoms with Gasteiger partial charge >= 0.3 is 0 Å². The molecule has 0 aliphatic heterocycles. The SMILES string of the molecule is CCOC(C)C([SiH3])=C(C(C)OCC)N(CC)CC. The van der Waals surface area contributed by atoms with Crippen molar-refractivity contribution in [1.29, 1.82) is 0 Å². The zero-order chi connectivity index (χ0) is 14.1. The second-order valence-corrected chi connectivity index (χ2v) is 5.51. The van der Waals surface area contributed by atoms with E-state index in [4.69, 9.17) is 9.47 Å². The highest BCUT2D eigenvalue weighted by molar-refractivity contribution is 6.22. The number of ether oxygens (including phenoxy) is 2. The minimum absolute atomic E-state index is 0.158. The minimum Gasteiger partial charge on any atom is -0.375 e. The molecule has 108 valence electrons. The molecule has 0 aromatic rings. The van der Waals surface area contributed by atoms with E-state index < -0.39 is 0 Å². The first-order chi connectivity index (χ1) is 8.53. The van der Waals surface area contributed by atoms with Crippen LogP contribution in [0.25, 0.3) is 0 Å². The average molecular weight is 273 g/mol. The molecule has 0 N–H and O–H groups in total. The summed E-state index contributed by atoms with van der Waals surface area (Å²) >= 11 is 0. The summed E-state index contributed by atoms with van der Waals surface area (Å²) in [4.78, 5) is 2.40. The number of nitrogens with zero attached hydrogens (tertiary/aromatic N) is 1. The van der Waals surface area contributed by atoms with E-state index in [9.17, 15) is 0 Å². The summed E-state index contributed by atoms with van der Waals surface area (Å²) in [5, 5.41) is 1.42. The normalized spacial score (nSPS) is 16.3. The summed E-state index contributed by atoms with van der Waals surface area (Å²) in [6.45, 7) is 16.3. The Morgan fingerprint density at radius 1 is 0.944 bits per heavy atom. The van der Waals surface area contributed by atoms with Crippen LogP contribution in [-0.2, 0) is 9.47 Å². The Kier molecular flexibility index (Phi) is 9.41. The zero-order valence-corrected chi connectivity index (χ0v) is 15.2. The van der Waals surface area contributed by atoms with Crippen molar-refractivity contribution in [3.8, 4) is 0 Å². The Morgan fingerprint density at radius 3 is 1.78 bits per heavy atom. The first kappa shape index (κ1) is 17.7. The van der Waals surface area contributed by atoms with E-state index >= 15 is 0 Å². The van der Waals surface area contributed by atoms with Crippen LogP contribution in [0.5, 0.6) is 0 Å². The molecular weight excluding hydrogens is 242 g/mol. The molecule has 0 aliphatic rings. The third kappa shape index (κ3) is 5.12. The van der Waals surface area contributed by atoms with Gasteiger partial charge in [-0.1, -0.05) is 0 Å². The lowest BCUT2D eigenvalue weighted by Gasteiger charge is -2.32. The standard InChI is InChI=1S/C14H31NO2Si/c1-7-15(8-2)13(11(5)16-9-3)14(18)12(6)17-10-4/h11-12H,7-10H2,1-6,18H3. The maximum Gasteiger partial charge on any atom is 0.0939 e. The number of likely N-dealkylation sites (N-methyl/N-ethyl adjacent to an activating group) is 1. The molecule has 0 saturated heterocycles. The number of hydrogen-bond donors (Lipinski definition) is 0.